The summed E-state index contributed by atoms with van der Waals surface area (Å²) in [5.74, 6) is 0.873. The van der Waals surface area contributed by atoms with Crippen molar-refractivity contribution in [3.8, 4) is 0 Å². The van der Waals surface area contributed by atoms with E-state index in [9.17, 15) is 13.2 Å². The highest BCUT2D eigenvalue weighted by Gasteiger charge is 2.30. The van der Waals surface area contributed by atoms with Crippen LogP contribution < -0.4 is 10.5 Å². The van der Waals surface area contributed by atoms with Gasteiger partial charge in [0.15, 0.2) is 0 Å². The Morgan fingerprint density at radius 2 is 2.08 bits per heavy atom. The highest BCUT2D eigenvalue weighted by Crippen LogP contribution is 2.28. The fraction of sp³-hybridized carbons (Fsp3) is 0.611. The first-order chi connectivity index (χ1) is 11.9. The van der Waals surface area contributed by atoms with Crippen LogP contribution in [0.5, 0.6) is 0 Å². The van der Waals surface area contributed by atoms with Crippen molar-refractivity contribution in [2.45, 2.75) is 43.5 Å². The number of sulfonamides is 1. The molecule has 1 saturated heterocycles. The van der Waals surface area contributed by atoms with Crippen LogP contribution in [0.15, 0.2) is 29.2 Å². The first kappa shape index (κ1) is 18.4. The lowest BCUT2D eigenvalue weighted by Crippen LogP contribution is -2.49. The number of hydrogen-bond donors (Lipinski definition) is 2. The van der Waals surface area contributed by atoms with Gasteiger partial charge in [0.05, 0.1) is 4.90 Å². The van der Waals surface area contributed by atoms with Gasteiger partial charge in [-0.2, -0.15) is 0 Å². The third-order valence-electron chi connectivity index (χ3n) is 5.16. The number of nitrogens with two attached hydrogens (primary N) is 1. The number of piperidine rings is 1. The normalized spacial score (nSPS) is 24.3. The molecule has 0 spiro atoms. The van der Waals surface area contributed by atoms with Gasteiger partial charge in [-0.25, -0.2) is 13.1 Å². The van der Waals surface area contributed by atoms with Gasteiger partial charge in [0.25, 0.3) is 5.91 Å². The third-order valence-corrected chi connectivity index (χ3v) is 6.58. The molecule has 0 radical (unpaired) electrons. The summed E-state index contributed by atoms with van der Waals surface area (Å²) in [5, 5.41) is 0. The van der Waals surface area contributed by atoms with Crippen LogP contribution in [-0.4, -0.2) is 44.9 Å². The molecule has 3 N–H and O–H groups in total. The van der Waals surface area contributed by atoms with Crippen LogP contribution in [0.25, 0.3) is 0 Å². The van der Waals surface area contributed by atoms with Crippen molar-refractivity contribution < 1.29 is 13.2 Å². The number of rotatable bonds is 6. The summed E-state index contributed by atoms with van der Waals surface area (Å²) in [5.41, 5.74) is 6.25. The Bertz CT molecular complexity index is 731. The molecule has 3 rings (SSSR count). The van der Waals surface area contributed by atoms with Gasteiger partial charge in [-0.15, -0.1) is 0 Å². The molecular formula is C18H27N3O3S. The molecule has 7 heteroatoms. The fourth-order valence-corrected chi connectivity index (χ4v) is 4.50. The molecule has 2 fully saturated rings. The predicted molar refractivity (Wildman–Crippen MR) is 96.6 cm³/mol. The molecule has 0 aromatic heterocycles. The van der Waals surface area contributed by atoms with E-state index in [-0.39, 0.29) is 16.8 Å². The second-order valence-electron chi connectivity index (χ2n) is 7.34. The van der Waals surface area contributed by atoms with E-state index in [4.69, 9.17) is 5.73 Å². The van der Waals surface area contributed by atoms with E-state index in [2.05, 4.69) is 11.6 Å². The van der Waals surface area contributed by atoms with Gasteiger partial charge in [0.2, 0.25) is 10.0 Å². The molecule has 1 aliphatic heterocycles. The zero-order valence-corrected chi connectivity index (χ0v) is 15.5. The van der Waals surface area contributed by atoms with Crippen LogP contribution in [0.2, 0.25) is 0 Å². The minimum Gasteiger partial charge on any atom is -0.334 e. The lowest BCUT2D eigenvalue weighted by atomic mass is 9.92. The van der Waals surface area contributed by atoms with Crippen molar-refractivity contribution in [2.75, 3.05) is 19.6 Å². The molecule has 1 saturated carbocycles. The van der Waals surface area contributed by atoms with E-state index in [0.717, 1.165) is 25.7 Å². The second kappa shape index (κ2) is 7.43. The molecule has 2 unspecified atom stereocenters. The maximum Gasteiger partial charge on any atom is 0.254 e. The molecular weight excluding hydrogens is 338 g/mol. The summed E-state index contributed by atoms with van der Waals surface area (Å²) in [4.78, 5) is 14.8. The van der Waals surface area contributed by atoms with Gasteiger partial charge >= 0.3 is 0 Å². The highest BCUT2D eigenvalue weighted by atomic mass is 32.2. The summed E-state index contributed by atoms with van der Waals surface area (Å²) in [7, 11) is -3.58. The van der Waals surface area contributed by atoms with Crippen LogP contribution in [0.4, 0.5) is 0 Å². The maximum absolute atomic E-state index is 12.9. The number of benzene rings is 1. The molecule has 25 heavy (non-hydrogen) atoms. The Morgan fingerprint density at radius 3 is 2.76 bits per heavy atom. The van der Waals surface area contributed by atoms with E-state index in [1.54, 1.807) is 17.0 Å². The maximum atomic E-state index is 12.9. The fourth-order valence-electron chi connectivity index (χ4n) is 3.34. The van der Waals surface area contributed by atoms with Crippen LogP contribution >= 0.6 is 0 Å². The van der Waals surface area contributed by atoms with E-state index in [0.29, 0.717) is 37.0 Å². The number of amides is 1. The molecule has 1 aromatic carbocycles. The number of nitrogens with zero attached hydrogens (tertiary/aromatic N) is 1. The average molecular weight is 365 g/mol. The lowest BCUT2D eigenvalue weighted by Gasteiger charge is -2.38. The quantitative estimate of drug-likeness (QED) is 0.800. The number of nitrogens with one attached hydrogen (secondary N) is 1. The van der Waals surface area contributed by atoms with E-state index < -0.39 is 10.0 Å². The van der Waals surface area contributed by atoms with Crippen molar-refractivity contribution in [2.24, 2.45) is 17.6 Å². The first-order valence-electron chi connectivity index (χ1n) is 9.01. The first-order valence-corrected chi connectivity index (χ1v) is 10.5. The SMILES string of the molecule is CC1CCN(C(=O)c2cccc(S(=O)(=O)NCC3CC3)c2)C(CN)C1. The summed E-state index contributed by atoms with van der Waals surface area (Å²) >= 11 is 0. The highest BCUT2D eigenvalue weighted by molar-refractivity contribution is 7.89. The minimum atomic E-state index is -3.58. The Hall–Kier alpha value is -1.44. The van der Waals surface area contributed by atoms with Gasteiger partial charge in [0.1, 0.15) is 0 Å². The van der Waals surface area contributed by atoms with Gasteiger partial charge in [-0.1, -0.05) is 13.0 Å². The Kier molecular flexibility index (Phi) is 5.46. The van der Waals surface area contributed by atoms with Crippen molar-refractivity contribution in [3.63, 3.8) is 0 Å². The monoisotopic (exact) mass is 365 g/mol. The number of carbonyl (C=O) groups is 1. The van der Waals surface area contributed by atoms with Crippen LogP contribution in [0.1, 0.15) is 43.0 Å². The zero-order valence-electron chi connectivity index (χ0n) is 14.6. The topological polar surface area (TPSA) is 92.5 Å². The smallest absolute Gasteiger partial charge is 0.254 e. The zero-order chi connectivity index (χ0) is 18.0. The van der Waals surface area contributed by atoms with Gasteiger partial charge < -0.3 is 10.6 Å². The second-order valence-corrected chi connectivity index (χ2v) is 9.11. The Balaban J connectivity index is 1.76. The van der Waals surface area contributed by atoms with E-state index in [1.807, 2.05) is 0 Å². The van der Waals surface area contributed by atoms with E-state index >= 15 is 0 Å². The van der Waals surface area contributed by atoms with Gasteiger partial charge in [-0.3, -0.25) is 4.79 Å². The van der Waals surface area contributed by atoms with Crippen molar-refractivity contribution in [3.05, 3.63) is 29.8 Å². The van der Waals surface area contributed by atoms with Crippen LogP contribution in [0, 0.1) is 11.8 Å². The molecule has 2 aliphatic rings. The molecule has 1 amide bonds. The number of hydrogen-bond acceptors (Lipinski definition) is 4. The van der Waals surface area contributed by atoms with Gasteiger partial charge in [0, 0.05) is 31.2 Å². The number of likely N-dealkylation sites (tertiary alicyclic amines) is 1. The molecule has 2 atom stereocenters. The molecule has 1 aliphatic carbocycles. The van der Waals surface area contributed by atoms with E-state index in [1.165, 1.54) is 12.1 Å². The van der Waals surface area contributed by atoms with Crippen LogP contribution in [-0.2, 0) is 10.0 Å². The Labute approximate surface area is 149 Å². The molecule has 1 aromatic rings. The molecule has 6 nitrogen and oxygen atoms in total. The molecule has 0 bridgehead atoms. The minimum absolute atomic E-state index is 0.0181. The van der Waals surface area contributed by atoms with Crippen molar-refractivity contribution >= 4 is 15.9 Å². The summed E-state index contributed by atoms with van der Waals surface area (Å²) in [6, 6.07) is 6.33. The summed E-state index contributed by atoms with van der Waals surface area (Å²) < 4.78 is 27.5. The standard InChI is InChI=1S/C18H27N3O3S/c1-13-7-8-21(16(9-13)11-19)18(22)15-3-2-4-17(10-15)25(23,24)20-12-14-5-6-14/h2-4,10,13-14,16,20H,5-9,11-12,19H2,1H3. The van der Waals surface area contributed by atoms with Crippen LogP contribution in [0.3, 0.4) is 0 Å². The number of carbonyl (C=O) groups excluding carboxylic acids is 1. The molecule has 138 valence electrons. The van der Waals surface area contributed by atoms with Crippen molar-refractivity contribution in [1.82, 2.24) is 9.62 Å². The third kappa shape index (κ3) is 4.40. The van der Waals surface area contributed by atoms with Gasteiger partial charge in [-0.05, 0) is 55.7 Å². The summed E-state index contributed by atoms with van der Waals surface area (Å²) in [6.07, 6.45) is 4.00. The lowest BCUT2D eigenvalue weighted by molar-refractivity contribution is 0.0573. The largest absolute Gasteiger partial charge is 0.334 e. The Morgan fingerprint density at radius 1 is 1.32 bits per heavy atom. The summed E-state index contributed by atoms with van der Waals surface area (Å²) in [6.45, 7) is 3.73. The predicted octanol–water partition coefficient (Wildman–Crippen LogP) is 1.57. The molecule has 1 heterocycles. The average Bonchev–Trinajstić information content (AvgIpc) is 3.44. The van der Waals surface area contributed by atoms with Crippen molar-refractivity contribution in [1.29, 1.82) is 0 Å².